The first-order chi connectivity index (χ1) is 8.65. The third kappa shape index (κ3) is 3.96. The van der Waals surface area contributed by atoms with Crippen LogP contribution in [0.1, 0.15) is 23.3 Å². The second-order valence-corrected chi connectivity index (χ2v) is 4.74. The molecule has 0 atom stereocenters. The number of carbonyl (C=O) groups excluding carboxylic acids is 1. The number of likely N-dealkylation sites (N-methyl/N-ethyl adjacent to an activating group) is 1. The number of nitrogens with one attached hydrogen (secondary N) is 2. The van der Waals surface area contributed by atoms with Gasteiger partial charge in [-0.25, -0.2) is 9.97 Å². The molecule has 0 bridgehead atoms. The van der Waals surface area contributed by atoms with Crippen LogP contribution in [0.4, 0.5) is 5.95 Å². The molecule has 1 heterocycles. The summed E-state index contributed by atoms with van der Waals surface area (Å²) in [5.74, 6) is 0.385. The maximum Gasteiger partial charge on any atom is 0.270 e. The summed E-state index contributed by atoms with van der Waals surface area (Å²) in [4.78, 5) is 22.1. The van der Waals surface area contributed by atoms with Crippen molar-refractivity contribution in [3.63, 3.8) is 0 Å². The second-order valence-electron chi connectivity index (χ2n) is 4.74. The Bertz CT molecular complexity index is 417. The predicted molar refractivity (Wildman–Crippen MR) is 69.6 cm³/mol. The first-order valence-corrected chi connectivity index (χ1v) is 6.17. The lowest BCUT2D eigenvalue weighted by molar-refractivity contribution is 0.0946. The highest BCUT2D eigenvalue weighted by molar-refractivity contribution is 5.92. The highest BCUT2D eigenvalue weighted by atomic mass is 16.2. The van der Waals surface area contributed by atoms with Gasteiger partial charge >= 0.3 is 0 Å². The van der Waals surface area contributed by atoms with E-state index in [9.17, 15) is 4.79 Å². The van der Waals surface area contributed by atoms with Gasteiger partial charge < -0.3 is 15.5 Å². The zero-order chi connectivity index (χ0) is 13.0. The number of nitrogens with zero attached hydrogens (tertiary/aromatic N) is 3. The molecular weight excluding hydrogens is 230 g/mol. The van der Waals surface area contributed by atoms with Crippen molar-refractivity contribution in [1.82, 2.24) is 20.2 Å². The summed E-state index contributed by atoms with van der Waals surface area (Å²) in [5, 5.41) is 6.00. The third-order valence-electron chi connectivity index (χ3n) is 2.64. The number of amides is 1. The van der Waals surface area contributed by atoms with Crippen LogP contribution in [-0.2, 0) is 0 Å². The minimum atomic E-state index is -0.115. The van der Waals surface area contributed by atoms with Crippen molar-refractivity contribution in [1.29, 1.82) is 0 Å². The SMILES string of the molecule is CN(C)CCNc1nccc(C(=O)NC2CC2)n1. The number of anilines is 1. The molecule has 1 aliphatic carbocycles. The zero-order valence-electron chi connectivity index (χ0n) is 10.8. The number of carbonyl (C=O) groups is 1. The fourth-order valence-corrected chi connectivity index (χ4v) is 1.45. The van der Waals surface area contributed by atoms with Gasteiger partial charge in [-0.3, -0.25) is 4.79 Å². The van der Waals surface area contributed by atoms with Crippen LogP contribution in [0.2, 0.25) is 0 Å². The maximum atomic E-state index is 11.8. The second kappa shape index (κ2) is 5.77. The Morgan fingerprint density at radius 2 is 2.28 bits per heavy atom. The van der Waals surface area contributed by atoms with Crippen LogP contribution in [0.25, 0.3) is 0 Å². The van der Waals surface area contributed by atoms with E-state index >= 15 is 0 Å². The van der Waals surface area contributed by atoms with Gasteiger partial charge in [0.25, 0.3) is 5.91 Å². The molecule has 1 amide bonds. The number of rotatable bonds is 6. The van der Waals surface area contributed by atoms with Crippen molar-refractivity contribution in [3.8, 4) is 0 Å². The monoisotopic (exact) mass is 249 g/mol. The van der Waals surface area contributed by atoms with E-state index in [-0.39, 0.29) is 5.91 Å². The summed E-state index contributed by atoms with van der Waals surface area (Å²) in [7, 11) is 4.00. The van der Waals surface area contributed by atoms with Crippen LogP contribution < -0.4 is 10.6 Å². The molecule has 1 saturated carbocycles. The van der Waals surface area contributed by atoms with Gasteiger partial charge in [-0.2, -0.15) is 0 Å². The lowest BCUT2D eigenvalue weighted by Crippen LogP contribution is -2.27. The molecule has 0 radical (unpaired) electrons. The summed E-state index contributed by atoms with van der Waals surface area (Å²) in [6.07, 6.45) is 3.75. The van der Waals surface area contributed by atoms with E-state index in [2.05, 4.69) is 25.5 Å². The van der Waals surface area contributed by atoms with E-state index in [1.54, 1.807) is 12.3 Å². The molecule has 1 aliphatic rings. The van der Waals surface area contributed by atoms with Gasteiger partial charge in [0.1, 0.15) is 5.69 Å². The van der Waals surface area contributed by atoms with Crippen LogP contribution >= 0.6 is 0 Å². The smallest absolute Gasteiger partial charge is 0.270 e. The normalized spacial score (nSPS) is 14.6. The van der Waals surface area contributed by atoms with Gasteiger partial charge in [-0.15, -0.1) is 0 Å². The van der Waals surface area contributed by atoms with E-state index in [4.69, 9.17) is 0 Å². The molecule has 1 fully saturated rings. The van der Waals surface area contributed by atoms with E-state index in [0.717, 1.165) is 25.9 Å². The largest absolute Gasteiger partial charge is 0.353 e. The van der Waals surface area contributed by atoms with Crippen molar-refractivity contribution in [2.45, 2.75) is 18.9 Å². The Morgan fingerprint density at radius 3 is 2.94 bits per heavy atom. The van der Waals surface area contributed by atoms with E-state index in [1.807, 2.05) is 14.1 Å². The van der Waals surface area contributed by atoms with Crippen LogP contribution in [0.5, 0.6) is 0 Å². The molecule has 18 heavy (non-hydrogen) atoms. The number of hydrogen-bond acceptors (Lipinski definition) is 5. The highest BCUT2D eigenvalue weighted by Crippen LogP contribution is 2.19. The number of aromatic nitrogens is 2. The summed E-state index contributed by atoms with van der Waals surface area (Å²) < 4.78 is 0. The molecular formula is C12H19N5O. The average molecular weight is 249 g/mol. The first kappa shape index (κ1) is 12.8. The van der Waals surface area contributed by atoms with Crippen molar-refractivity contribution in [2.75, 3.05) is 32.5 Å². The van der Waals surface area contributed by atoms with Gasteiger partial charge in [-0.1, -0.05) is 0 Å². The summed E-state index contributed by atoms with van der Waals surface area (Å²) >= 11 is 0. The fourth-order valence-electron chi connectivity index (χ4n) is 1.45. The molecule has 2 rings (SSSR count). The molecule has 1 aromatic rings. The Morgan fingerprint density at radius 1 is 1.50 bits per heavy atom. The van der Waals surface area contributed by atoms with Crippen molar-refractivity contribution in [2.24, 2.45) is 0 Å². The minimum absolute atomic E-state index is 0.115. The first-order valence-electron chi connectivity index (χ1n) is 6.17. The quantitative estimate of drug-likeness (QED) is 0.761. The maximum absolute atomic E-state index is 11.8. The molecule has 6 nitrogen and oxygen atoms in total. The van der Waals surface area contributed by atoms with Crippen molar-refractivity contribution < 1.29 is 4.79 Å². The van der Waals surface area contributed by atoms with E-state index in [1.165, 1.54) is 0 Å². The van der Waals surface area contributed by atoms with E-state index in [0.29, 0.717) is 17.7 Å². The van der Waals surface area contributed by atoms with Gasteiger partial charge in [-0.05, 0) is 33.0 Å². The highest BCUT2D eigenvalue weighted by Gasteiger charge is 2.24. The molecule has 0 aromatic carbocycles. The average Bonchev–Trinajstić information content (AvgIpc) is 3.13. The summed E-state index contributed by atoms with van der Waals surface area (Å²) in [6, 6.07) is 1.98. The molecule has 6 heteroatoms. The lowest BCUT2D eigenvalue weighted by atomic mass is 10.4. The third-order valence-corrected chi connectivity index (χ3v) is 2.64. The molecule has 1 aromatic heterocycles. The zero-order valence-corrected chi connectivity index (χ0v) is 10.8. The molecule has 0 aliphatic heterocycles. The Hall–Kier alpha value is -1.69. The lowest BCUT2D eigenvalue weighted by Gasteiger charge is -2.10. The van der Waals surface area contributed by atoms with Crippen LogP contribution in [-0.4, -0.2) is 54.0 Å². The predicted octanol–water partition coefficient (Wildman–Crippen LogP) is 0.342. The van der Waals surface area contributed by atoms with Crippen molar-refractivity contribution >= 4 is 11.9 Å². The Kier molecular flexibility index (Phi) is 4.09. The molecule has 2 N–H and O–H groups in total. The minimum Gasteiger partial charge on any atom is -0.353 e. The summed E-state index contributed by atoms with van der Waals surface area (Å²) in [5.41, 5.74) is 0.421. The van der Waals surface area contributed by atoms with Gasteiger partial charge in [0, 0.05) is 25.3 Å². The van der Waals surface area contributed by atoms with Gasteiger partial charge in [0.15, 0.2) is 0 Å². The van der Waals surface area contributed by atoms with E-state index < -0.39 is 0 Å². The Labute approximate surface area is 107 Å². The van der Waals surface area contributed by atoms with Gasteiger partial charge in [0.2, 0.25) is 5.95 Å². The summed E-state index contributed by atoms with van der Waals surface area (Å²) in [6.45, 7) is 1.64. The standard InChI is InChI=1S/C12H19N5O/c1-17(2)8-7-14-12-13-6-5-10(16-12)11(18)15-9-3-4-9/h5-6,9H,3-4,7-8H2,1-2H3,(H,15,18)(H,13,14,16). The van der Waals surface area contributed by atoms with Gasteiger partial charge in [0.05, 0.1) is 0 Å². The fraction of sp³-hybridized carbons (Fsp3) is 0.583. The number of hydrogen-bond donors (Lipinski definition) is 2. The Balaban J connectivity index is 1.89. The topological polar surface area (TPSA) is 70.2 Å². The molecule has 98 valence electrons. The van der Waals surface area contributed by atoms with Crippen LogP contribution in [0.15, 0.2) is 12.3 Å². The molecule has 0 saturated heterocycles. The molecule has 0 unspecified atom stereocenters. The van der Waals surface area contributed by atoms with Crippen LogP contribution in [0.3, 0.4) is 0 Å². The van der Waals surface area contributed by atoms with Crippen molar-refractivity contribution in [3.05, 3.63) is 18.0 Å². The van der Waals surface area contributed by atoms with Crippen LogP contribution in [0, 0.1) is 0 Å². The molecule has 0 spiro atoms.